The van der Waals surface area contributed by atoms with Gasteiger partial charge in [-0.1, -0.05) is 173 Å². The summed E-state index contributed by atoms with van der Waals surface area (Å²) in [5.74, 6) is 2.20. The predicted molar refractivity (Wildman–Crippen MR) is 254 cm³/mol. The maximum Gasteiger partial charge on any atom is 0.0920 e. The van der Waals surface area contributed by atoms with Crippen LogP contribution in [0.4, 0.5) is 0 Å². The summed E-state index contributed by atoms with van der Waals surface area (Å²) in [5, 5.41) is 8.35. The molecular formula is C54H53Cl2SiZr-3. The van der Waals surface area contributed by atoms with Gasteiger partial charge in [0.05, 0.1) is 9.52 Å². The third-order valence-corrected chi connectivity index (χ3v) is 12.3. The zero-order valence-electron chi connectivity index (χ0n) is 35.0. The number of halogens is 2. The van der Waals surface area contributed by atoms with E-state index in [0.717, 1.165) is 9.52 Å². The molecule has 9 rings (SSSR count). The van der Waals surface area contributed by atoms with Crippen LogP contribution in [0.25, 0.3) is 54.9 Å². The zero-order chi connectivity index (χ0) is 41.3. The van der Waals surface area contributed by atoms with Gasteiger partial charge in [0, 0.05) is 0 Å². The number of hydrogen-bond acceptors (Lipinski definition) is 0. The van der Waals surface area contributed by atoms with Gasteiger partial charge in [0.25, 0.3) is 0 Å². The van der Waals surface area contributed by atoms with Crippen LogP contribution in [0.15, 0.2) is 152 Å². The Morgan fingerprint density at radius 1 is 0.500 bits per heavy atom. The molecule has 0 aromatic heterocycles. The molecule has 0 amide bonds. The summed E-state index contributed by atoms with van der Waals surface area (Å²) < 4.78 is 0. The number of hydrogen-bond donors (Lipinski definition) is 0. The van der Waals surface area contributed by atoms with E-state index in [9.17, 15) is 0 Å². The first kappa shape index (κ1) is 43.8. The summed E-state index contributed by atoms with van der Waals surface area (Å²) in [6, 6.07) is 58.4. The minimum atomic E-state index is -0.826. The molecule has 0 bridgehead atoms. The van der Waals surface area contributed by atoms with Crippen molar-refractivity contribution in [2.75, 3.05) is 0 Å². The second kappa shape index (κ2) is 20.5. The van der Waals surface area contributed by atoms with E-state index in [4.69, 9.17) is 17.0 Å². The van der Waals surface area contributed by atoms with Crippen molar-refractivity contribution in [2.45, 2.75) is 79.1 Å². The monoisotopic (exact) mass is 889 g/mol. The van der Waals surface area contributed by atoms with E-state index < -0.39 is 20.8 Å². The Morgan fingerprint density at radius 2 is 0.931 bits per heavy atom. The number of fused-ring (bicyclic) bond motifs is 5. The molecule has 1 aliphatic rings. The van der Waals surface area contributed by atoms with Gasteiger partial charge in [0.2, 0.25) is 0 Å². The van der Waals surface area contributed by atoms with Crippen LogP contribution in [-0.4, -0.2) is 9.52 Å². The van der Waals surface area contributed by atoms with Crippen LogP contribution in [0.1, 0.15) is 101 Å². The Bertz CT molecular complexity index is 2360. The first-order valence-corrected chi connectivity index (χ1v) is 27.8. The van der Waals surface area contributed by atoms with Crippen molar-refractivity contribution in [3.05, 3.63) is 180 Å². The topological polar surface area (TPSA) is 0 Å². The van der Waals surface area contributed by atoms with Crippen LogP contribution in [0, 0.1) is 6.07 Å². The van der Waals surface area contributed by atoms with E-state index in [1.165, 1.54) is 87.6 Å². The normalized spacial score (nSPS) is 11.5. The molecule has 8 aromatic rings. The quantitative estimate of drug-likeness (QED) is 0.115. The summed E-state index contributed by atoms with van der Waals surface area (Å²) in [4.78, 5) is 0. The van der Waals surface area contributed by atoms with Crippen LogP contribution >= 0.6 is 17.0 Å². The van der Waals surface area contributed by atoms with Crippen LogP contribution in [0.3, 0.4) is 0 Å². The summed E-state index contributed by atoms with van der Waals surface area (Å²) in [5.41, 5.74) is 14.0. The van der Waals surface area contributed by atoms with E-state index in [-0.39, 0.29) is 0 Å². The van der Waals surface area contributed by atoms with Gasteiger partial charge in [-0.15, -0.1) is 74.6 Å². The summed E-state index contributed by atoms with van der Waals surface area (Å²) >= 11 is -0.826. The summed E-state index contributed by atoms with van der Waals surface area (Å²) in [7, 11) is 10.7. The average molecular weight is 892 g/mol. The minimum Gasteiger partial charge on any atom is -0.184 e. The first-order valence-electron chi connectivity index (χ1n) is 20.4. The molecule has 1 heterocycles. The molecule has 0 nitrogen and oxygen atoms in total. The van der Waals surface area contributed by atoms with Crippen molar-refractivity contribution in [1.29, 1.82) is 0 Å². The maximum atomic E-state index is 4.93. The van der Waals surface area contributed by atoms with Gasteiger partial charge in [-0.2, -0.15) is 41.6 Å². The standard InChI is InChI=1S/2C21H23.C12H7Si.2ClH.Zr/c2*1-14(2)18-12-17-10-11-19(15(3)4)21(20(17)13-18)16-8-6-5-7-9-16;1-3-7-11-9(5-1)10-6-2-4-8-12(10)13-11;;;/h2*5-15H,1-4H3;1-7H;2*1H;/q3*-1;;;+2/p-2. The third kappa shape index (κ3) is 10.1. The van der Waals surface area contributed by atoms with Crippen molar-refractivity contribution < 1.29 is 20.8 Å². The fourth-order valence-corrected chi connectivity index (χ4v) is 9.16. The van der Waals surface area contributed by atoms with Gasteiger partial charge in [0.15, 0.2) is 0 Å². The fourth-order valence-electron chi connectivity index (χ4n) is 7.85. The molecule has 0 atom stereocenters. The van der Waals surface area contributed by atoms with Gasteiger partial charge in [-0.05, 0) is 34.8 Å². The molecule has 294 valence electrons. The van der Waals surface area contributed by atoms with E-state index in [1.807, 2.05) is 6.07 Å². The SMILES string of the molecule is CC(C)c1cc2c(-c3ccccc3)c(C(C)C)ccc2[cH-]1.CC(C)c1cc2c(-c3ccccc3)c(C(C)C)ccc2[cH-]1.[Cl][Zr][Cl].[c-]1cccc2c1[Si]c1ccccc1-2. The summed E-state index contributed by atoms with van der Waals surface area (Å²) in [6.07, 6.45) is 0. The molecule has 0 spiro atoms. The number of benzene rings is 6. The van der Waals surface area contributed by atoms with Crippen LogP contribution < -0.4 is 10.4 Å². The first-order chi connectivity index (χ1) is 28.0. The van der Waals surface area contributed by atoms with Crippen molar-refractivity contribution >= 4 is 58.5 Å². The maximum absolute atomic E-state index is 4.93. The van der Waals surface area contributed by atoms with Crippen molar-refractivity contribution in [3.63, 3.8) is 0 Å². The second-order valence-corrected chi connectivity index (χ2v) is 21.2. The van der Waals surface area contributed by atoms with Crippen molar-refractivity contribution in [3.8, 4) is 33.4 Å². The van der Waals surface area contributed by atoms with E-state index in [0.29, 0.717) is 23.7 Å². The molecule has 0 N–H and O–H groups in total. The molecule has 4 heteroatoms. The van der Waals surface area contributed by atoms with E-state index >= 15 is 0 Å². The molecule has 0 unspecified atom stereocenters. The molecule has 8 aromatic carbocycles. The number of rotatable bonds is 6. The largest absolute Gasteiger partial charge is 0.184 e. The van der Waals surface area contributed by atoms with Gasteiger partial charge in [-0.3, -0.25) is 0 Å². The molecule has 2 radical (unpaired) electrons. The zero-order valence-corrected chi connectivity index (χ0v) is 40.0. The van der Waals surface area contributed by atoms with Gasteiger partial charge in [0.1, 0.15) is 0 Å². The van der Waals surface area contributed by atoms with E-state index in [1.54, 1.807) is 0 Å². The van der Waals surface area contributed by atoms with Gasteiger partial charge >= 0.3 is 37.9 Å². The molecule has 0 saturated heterocycles. The average Bonchev–Trinajstić information content (AvgIpc) is 3.97. The molecule has 0 fully saturated rings. The summed E-state index contributed by atoms with van der Waals surface area (Å²) in [6.45, 7) is 18.2. The van der Waals surface area contributed by atoms with Crippen LogP contribution in [-0.2, 0) is 20.8 Å². The molecule has 0 aliphatic carbocycles. The Labute approximate surface area is 368 Å². The minimum absolute atomic E-state index is 0.530. The molecule has 58 heavy (non-hydrogen) atoms. The Kier molecular flexibility index (Phi) is 15.4. The second-order valence-electron chi connectivity index (χ2n) is 16.2. The van der Waals surface area contributed by atoms with Crippen molar-refractivity contribution in [1.82, 2.24) is 0 Å². The Hall–Kier alpha value is -3.78. The van der Waals surface area contributed by atoms with E-state index in [2.05, 4.69) is 207 Å². The third-order valence-electron chi connectivity index (χ3n) is 10.9. The van der Waals surface area contributed by atoms with Crippen molar-refractivity contribution in [2.24, 2.45) is 0 Å². The van der Waals surface area contributed by atoms with Gasteiger partial charge in [-0.25, -0.2) is 0 Å². The molecule has 1 aliphatic heterocycles. The van der Waals surface area contributed by atoms with Crippen LogP contribution in [0.5, 0.6) is 0 Å². The molecule has 0 saturated carbocycles. The van der Waals surface area contributed by atoms with Crippen LogP contribution in [0.2, 0.25) is 0 Å². The van der Waals surface area contributed by atoms with Gasteiger partial charge < -0.3 is 0 Å². The smallest absolute Gasteiger partial charge is 0.0920 e. The Balaban J connectivity index is 0.000000145. The molecular weight excluding hydrogens is 839 g/mol. The fraction of sp³-hybridized carbons (Fsp3) is 0.222. The predicted octanol–water partition coefficient (Wildman–Crippen LogP) is 15.4. The Morgan fingerprint density at radius 3 is 1.38 bits per heavy atom.